The normalized spacial score (nSPS) is 14.2. The largest absolute Gasteiger partial charge is 0.328 e. The summed E-state index contributed by atoms with van der Waals surface area (Å²) >= 11 is 3.28. The Balaban J connectivity index is 2.45. The summed E-state index contributed by atoms with van der Waals surface area (Å²) in [7, 11) is 0. The Morgan fingerprint density at radius 1 is 1.59 bits per heavy atom. The molecule has 0 saturated carbocycles. The monoisotopic (exact) mass is 295 g/mol. The molecule has 0 unspecified atom stereocenters. The molecule has 3 rings (SSSR count). The second kappa shape index (κ2) is 3.53. The summed E-state index contributed by atoms with van der Waals surface area (Å²) in [4.78, 5) is 15.2. The number of aromatic nitrogens is 2. The first-order chi connectivity index (χ1) is 8.09. The van der Waals surface area contributed by atoms with Crippen LogP contribution >= 0.6 is 15.9 Å². The number of halogens is 1. The molecule has 0 radical (unpaired) electrons. The van der Waals surface area contributed by atoms with E-state index in [0.29, 0.717) is 9.99 Å². The zero-order chi connectivity index (χ0) is 12.2. The SMILES string of the molecule is Cc1cc2c(nc3n2CCC3)c([N+](=O)[O-])c1Br. The van der Waals surface area contributed by atoms with E-state index in [0.717, 1.165) is 36.3 Å². The Morgan fingerprint density at radius 3 is 3.06 bits per heavy atom. The van der Waals surface area contributed by atoms with Gasteiger partial charge in [-0.05, 0) is 40.9 Å². The van der Waals surface area contributed by atoms with E-state index in [2.05, 4.69) is 25.5 Å². The van der Waals surface area contributed by atoms with E-state index in [4.69, 9.17) is 0 Å². The molecule has 17 heavy (non-hydrogen) atoms. The summed E-state index contributed by atoms with van der Waals surface area (Å²) in [6, 6.07) is 1.97. The van der Waals surface area contributed by atoms with E-state index >= 15 is 0 Å². The number of nitrogens with zero attached hydrogens (tertiary/aromatic N) is 3. The van der Waals surface area contributed by atoms with Crippen molar-refractivity contribution in [3.05, 3.63) is 32.0 Å². The van der Waals surface area contributed by atoms with Crippen LogP contribution in [0.15, 0.2) is 10.5 Å². The minimum atomic E-state index is -0.359. The molecule has 0 saturated heterocycles. The van der Waals surface area contributed by atoms with Gasteiger partial charge in [0.2, 0.25) is 0 Å². The fourth-order valence-electron chi connectivity index (χ4n) is 2.40. The summed E-state index contributed by atoms with van der Waals surface area (Å²) in [5.74, 6) is 0.959. The molecule has 0 atom stereocenters. The molecule has 0 aliphatic carbocycles. The van der Waals surface area contributed by atoms with Gasteiger partial charge in [-0.3, -0.25) is 10.1 Å². The number of hydrogen-bond donors (Lipinski definition) is 0. The molecule has 0 fully saturated rings. The van der Waals surface area contributed by atoms with Crippen molar-refractivity contribution in [1.29, 1.82) is 0 Å². The quantitative estimate of drug-likeness (QED) is 0.600. The van der Waals surface area contributed by atoms with Crippen LogP contribution < -0.4 is 0 Å². The van der Waals surface area contributed by atoms with Gasteiger partial charge in [0.25, 0.3) is 0 Å². The van der Waals surface area contributed by atoms with Crippen molar-refractivity contribution in [1.82, 2.24) is 9.55 Å². The van der Waals surface area contributed by atoms with Gasteiger partial charge < -0.3 is 4.57 Å². The molecule has 5 nitrogen and oxygen atoms in total. The van der Waals surface area contributed by atoms with Crippen LogP contribution in [0.4, 0.5) is 5.69 Å². The lowest BCUT2D eigenvalue weighted by Gasteiger charge is -2.03. The van der Waals surface area contributed by atoms with Crippen molar-refractivity contribution in [3.8, 4) is 0 Å². The fraction of sp³-hybridized carbons (Fsp3) is 0.364. The van der Waals surface area contributed by atoms with E-state index in [1.54, 1.807) is 0 Å². The van der Waals surface area contributed by atoms with Crippen molar-refractivity contribution < 1.29 is 4.92 Å². The number of rotatable bonds is 1. The highest BCUT2D eigenvalue weighted by Crippen LogP contribution is 2.37. The molecule has 6 heteroatoms. The number of nitro benzene ring substituents is 1. The van der Waals surface area contributed by atoms with E-state index in [9.17, 15) is 10.1 Å². The lowest BCUT2D eigenvalue weighted by Crippen LogP contribution is -1.95. The molecule has 1 aromatic carbocycles. The maximum absolute atomic E-state index is 11.1. The van der Waals surface area contributed by atoms with Crippen molar-refractivity contribution in [2.45, 2.75) is 26.3 Å². The van der Waals surface area contributed by atoms with E-state index in [1.807, 2.05) is 13.0 Å². The van der Waals surface area contributed by atoms with Gasteiger partial charge in [0.05, 0.1) is 10.4 Å². The van der Waals surface area contributed by atoms with Crippen molar-refractivity contribution in [3.63, 3.8) is 0 Å². The van der Waals surface area contributed by atoms with Gasteiger partial charge in [-0.1, -0.05) is 0 Å². The van der Waals surface area contributed by atoms with Gasteiger partial charge in [0, 0.05) is 13.0 Å². The van der Waals surface area contributed by atoms with Crippen LogP contribution in [0.1, 0.15) is 17.8 Å². The highest BCUT2D eigenvalue weighted by Gasteiger charge is 2.26. The van der Waals surface area contributed by atoms with Crippen molar-refractivity contribution in [2.75, 3.05) is 0 Å². The summed E-state index contributed by atoms with van der Waals surface area (Å²) in [6.07, 6.45) is 1.98. The van der Waals surface area contributed by atoms with Gasteiger partial charge in [-0.2, -0.15) is 0 Å². The summed E-state index contributed by atoms with van der Waals surface area (Å²) in [6.45, 7) is 2.77. The molecule has 2 heterocycles. The zero-order valence-electron chi connectivity index (χ0n) is 9.23. The van der Waals surface area contributed by atoms with Crippen LogP contribution in [0.3, 0.4) is 0 Å². The first-order valence-corrected chi connectivity index (χ1v) is 6.21. The van der Waals surface area contributed by atoms with Crippen LogP contribution in [-0.4, -0.2) is 14.5 Å². The molecule has 0 N–H and O–H groups in total. The summed E-state index contributed by atoms with van der Waals surface area (Å²) in [5, 5.41) is 11.1. The fourth-order valence-corrected chi connectivity index (χ4v) is 2.84. The lowest BCUT2D eigenvalue weighted by molar-refractivity contribution is -0.384. The number of aryl methyl sites for hydroxylation is 3. The van der Waals surface area contributed by atoms with E-state index < -0.39 is 0 Å². The van der Waals surface area contributed by atoms with Crippen molar-refractivity contribution >= 4 is 32.7 Å². The van der Waals surface area contributed by atoms with Gasteiger partial charge in [0.1, 0.15) is 10.3 Å². The van der Waals surface area contributed by atoms with Crippen LogP contribution in [0, 0.1) is 17.0 Å². The molecular formula is C11H10BrN3O2. The zero-order valence-corrected chi connectivity index (χ0v) is 10.8. The van der Waals surface area contributed by atoms with Crippen LogP contribution in [0.25, 0.3) is 11.0 Å². The molecular weight excluding hydrogens is 286 g/mol. The van der Waals surface area contributed by atoms with Crippen LogP contribution in [-0.2, 0) is 13.0 Å². The molecule has 1 aromatic heterocycles. The number of imidazole rings is 1. The van der Waals surface area contributed by atoms with Crippen LogP contribution in [0.2, 0.25) is 0 Å². The number of fused-ring (bicyclic) bond motifs is 3. The third-order valence-electron chi connectivity index (χ3n) is 3.18. The Morgan fingerprint density at radius 2 is 2.35 bits per heavy atom. The maximum Gasteiger partial charge on any atom is 0.311 e. The Kier molecular flexibility index (Phi) is 2.22. The standard InChI is InChI=1S/C11H10BrN3O2/c1-6-5-7-10(11(9(6)12)15(16)17)13-8-3-2-4-14(7)8/h5H,2-4H2,1H3. The van der Waals surface area contributed by atoms with Gasteiger partial charge >= 0.3 is 5.69 Å². The van der Waals surface area contributed by atoms with E-state index in [-0.39, 0.29) is 10.6 Å². The Bertz CT molecular complexity index is 648. The average Bonchev–Trinajstić information content (AvgIpc) is 2.80. The van der Waals surface area contributed by atoms with Gasteiger partial charge in [-0.15, -0.1) is 0 Å². The first-order valence-electron chi connectivity index (χ1n) is 5.42. The Labute approximate surface area is 106 Å². The van der Waals surface area contributed by atoms with Crippen molar-refractivity contribution in [2.24, 2.45) is 0 Å². The second-order valence-electron chi connectivity index (χ2n) is 4.26. The smallest absolute Gasteiger partial charge is 0.311 e. The number of hydrogen-bond acceptors (Lipinski definition) is 3. The maximum atomic E-state index is 11.1. The van der Waals surface area contributed by atoms with Gasteiger partial charge in [0.15, 0.2) is 5.52 Å². The summed E-state index contributed by atoms with van der Waals surface area (Å²) < 4.78 is 2.62. The third kappa shape index (κ3) is 1.40. The average molecular weight is 296 g/mol. The predicted octanol–water partition coefficient (Wildman–Crippen LogP) is 2.96. The number of nitro groups is 1. The lowest BCUT2D eigenvalue weighted by atomic mass is 10.2. The highest BCUT2D eigenvalue weighted by atomic mass is 79.9. The predicted molar refractivity (Wildman–Crippen MR) is 67.1 cm³/mol. The third-order valence-corrected chi connectivity index (χ3v) is 4.18. The minimum absolute atomic E-state index is 0.0851. The molecule has 0 spiro atoms. The molecule has 0 amide bonds. The topological polar surface area (TPSA) is 61.0 Å². The molecule has 2 aromatic rings. The molecule has 0 bridgehead atoms. The highest BCUT2D eigenvalue weighted by molar-refractivity contribution is 9.10. The minimum Gasteiger partial charge on any atom is -0.328 e. The van der Waals surface area contributed by atoms with E-state index in [1.165, 1.54) is 0 Å². The number of benzene rings is 1. The molecule has 1 aliphatic rings. The van der Waals surface area contributed by atoms with Crippen LogP contribution in [0.5, 0.6) is 0 Å². The molecule has 88 valence electrons. The molecule has 1 aliphatic heterocycles. The van der Waals surface area contributed by atoms with Gasteiger partial charge in [-0.25, -0.2) is 4.98 Å². The second-order valence-corrected chi connectivity index (χ2v) is 5.06. The first kappa shape index (κ1) is 10.7. The summed E-state index contributed by atoms with van der Waals surface area (Å²) in [5.41, 5.74) is 2.34. The Hall–Kier alpha value is -1.43.